The molecule has 8 heteroatoms. The number of hydrogen-bond donors (Lipinski definition) is 1. The molecule has 1 aromatic heterocycles. The lowest BCUT2D eigenvalue weighted by Crippen LogP contribution is -2.15. The zero-order valence-electron chi connectivity index (χ0n) is 15.9. The SMILES string of the molecule is Cc1ccccc1OCc1nnc(SCC(=O)Nc2cccc(Cl)c2C)n1C. The number of rotatable bonds is 7. The Morgan fingerprint density at radius 1 is 1.18 bits per heavy atom. The highest BCUT2D eigenvalue weighted by Gasteiger charge is 2.13. The number of amides is 1. The first-order valence-corrected chi connectivity index (χ1v) is 10.1. The number of carbonyl (C=O) groups is 1. The second kappa shape index (κ2) is 9.12. The van der Waals surface area contributed by atoms with Gasteiger partial charge in [-0.05, 0) is 43.2 Å². The van der Waals surface area contributed by atoms with Crippen molar-refractivity contribution < 1.29 is 9.53 Å². The number of benzene rings is 2. The number of carbonyl (C=O) groups excluding carboxylic acids is 1. The molecule has 0 spiro atoms. The van der Waals surface area contributed by atoms with Crippen molar-refractivity contribution in [2.45, 2.75) is 25.6 Å². The largest absolute Gasteiger partial charge is 0.485 e. The van der Waals surface area contributed by atoms with Crippen molar-refractivity contribution in [3.05, 3.63) is 64.4 Å². The Morgan fingerprint density at radius 3 is 2.75 bits per heavy atom. The van der Waals surface area contributed by atoms with Crippen LogP contribution < -0.4 is 10.1 Å². The van der Waals surface area contributed by atoms with Gasteiger partial charge in [-0.15, -0.1) is 10.2 Å². The Kier molecular flexibility index (Phi) is 6.59. The summed E-state index contributed by atoms with van der Waals surface area (Å²) in [7, 11) is 1.86. The van der Waals surface area contributed by atoms with Gasteiger partial charge in [0.1, 0.15) is 12.4 Å². The van der Waals surface area contributed by atoms with Crippen molar-refractivity contribution in [2.24, 2.45) is 7.05 Å². The molecule has 0 saturated heterocycles. The van der Waals surface area contributed by atoms with Crippen LogP contribution in [0, 0.1) is 13.8 Å². The van der Waals surface area contributed by atoms with E-state index in [2.05, 4.69) is 15.5 Å². The minimum absolute atomic E-state index is 0.129. The minimum Gasteiger partial charge on any atom is -0.485 e. The molecule has 146 valence electrons. The molecule has 0 aliphatic carbocycles. The van der Waals surface area contributed by atoms with Gasteiger partial charge >= 0.3 is 0 Å². The second-order valence-corrected chi connectivity index (χ2v) is 7.61. The van der Waals surface area contributed by atoms with Crippen LogP contribution >= 0.6 is 23.4 Å². The zero-order valence-corrected chi connectivity index (χ0v) is 17.5. The van der Waals surface area contributed by atoms with Crippen molar-refractivity contribution in [2.75, 3.05) is 11.1 Å². The van der Waals surface area contributed by atoms with Gasteiger partial charge in [-0.2, -0.15) is 0 Å². The van der Waals surface area contributed by atoms with Gasteiger partial charge in [0.05, 0.1) is 5.75 Å². The van der Waals surface area contributed by atoms with E-state index >= 15 is 0 Å². The zero-order chi connectivity index (χ0) is 20.1. The van der Waals surface area contributed by atoms with E-state index in [0.717, 1.165) is 16.9 Å². The van der Waals surface area contributed by atoms with Crippen LogP contribution in [0.25, 0.3) is 0 Å². The molecular weight excluding hydrogens is 396 g/mol. The number of nitrogens with one attached hydrogen (secondary N) is 1. The molecule has 28 heavy (non-hydrogen) atoms. The van der Waals surface area contributed by atoms with Gasteiger partial charge < -0.3 is 14.6 Å². The molecule has 3 rings (SSSR count). The smallest absolute Gasteiger partial charge is 0.234 e. The van der Waals surface area contributed by atoms with Crippen LogP contribution in [0.3, 0.4) is 0 Å². The summed E-state index contributed by atoms with van der Waals surface area (Å²) < 4.78 is 7.66. The van der Waals surface area contributed by atoms with Crippen LogP contribution in [-0.4, -0.2) is 26.4 Å². The fourth-order valence-electron chi connectivity index (χ4n) is 2.52. The quantitative estimate of drug-likeness (QED) is 0.578. The van der Waals surface area contributed by atoms with Gasteiger partial charge in [0.2, 0.25) is 5.91 Å². The number of hydrogen-bond acceptors (Lipinski definition) is 5. The molecule has 0 aliphatic rings. The summed E-state index contributed by atoms with van der Waals surface area (Å²) in [5.74, 6) is 1.60. The monoisotopic (exact) mass is 416 g/mol. The number of para-hydroxylation sites is 1. The Balaban J connectivity index is 1.56. The first-order chi connectivity index (χ1) is 13.5. The highest BCUT2D eigenvalue weighted by Crippen LogP contribution is 2.24. The predicted octanol–water partition coefficient (Wildman–Crippen LogP) is 4.40. The van der Waals surface area contributed by atoms with E-state index in [1.807, 2.05) is 61.9 Å². The summed E-state index contributed by atoms with van der Waals surface area (Å²) in [4.78, 5) is 12.3. The average Bonchev–Trinajstić information content (AvgIpc) is 3.03. The van der Waals surface area contributed by atoms with E-state index in [0.29, 0.717) is 28.3 Å². The highest BCUT2D eigenvalue weighted by atomic mass is 35.5. The van der Waals surface area contributed by atoms with Crippen molar-refractivity contribution >= 4 is 35.0 Å². The lowest BCUT2D eigenvalue weighted by Gasteiger charge is -2.10. The fourth-order valence-corrected chi connectivity index (χ4v) is 3.42. The highest BCUT2D eigenvalue weighted by molar-refractivity contribution is 7.99. The molecule has 2 aromatic carbocycles. The van der Waals surface area contributed by atoms with Gasteiger partial charge in [0.25, 0.3) is 0 Å². The summed E-state index contributed by atoms with van der Waals surface area (Å²) in [5.41, 5.74) is 2.62. The molecule has 0 saturated carbocycles. The summed E-state index contributed by atoms with van der Waals surface area (Å²) in [5, 5.41) is 12.5. The molecule has 3 aromatic rings. The normalized spacial score (nSPS) is 10.7. The number of thioether (sulfide) groups is 1. The van der Waals surface area contributed by atoms with Crippen molar-refractivity contribution in [3.8, 4) is 5.75 Å². The van der Waals surface area contributed by atoms with E-state index < -0.39 is 0 Å². The topological polar surface area (TPSA) is 69.0 Å². The van der Waals surface area contributed by atoms with Crippen molar-refractivity contribution in [3.63, 3.8) is 0 Å². The van der Waals surface area contributed by atoms with Gasteiger partial charge in [-0.1, -0.05) is 47.6 Å². The number of nitrogens with zero attached hydrogens (tertiary/aromatic N) is 3. The van der Waals surface area contributed by atoms with Crippen LogP contribution in [-0.2, 0) is 18.4 Å². The van der Waals surface area contributed by atoms with Crippen LogP contribution in [0.15, 0.2) is 47.6 Å². The maximum absolute atomic E-state index is 12.3. The third kappa shape index (κ3) is 4.85. The van der Waals surface area contributed by atoms with Crippen LogP contribution in [0.4, 0.5) is 5.69 Å². The molecular formula is C20H21ClN4O2S. The second-order valence-electron chi connectivity index (χ2n) is 6.26. The summed E-state index contributed by atoms with van der Waals surface area (Å²) in [6, 6.07) is 13.2. The molecule has 1 heterocycles. The van der Waals surface area contributed by atoms with E-state index in [4.69, 9.17) is 16.3 Å². The van der Waals surface area contributed by atoms with Crippen LogP contribution in [0.2, 0.25) is 5.02 Å². The first kappa shape index (κ1) is 20.2. The molecule has 0 fully saturated rings. The Hall–Kier alpha value is -2.51. The lowest BCUT2D eigenvalue weighted by atomic mass is 10.2. The number of halogens is 1. The van der Waals surface area contributed by atoms with Gasteiger partial charge in [-0.25, -0.2) is 0 Å². The maximum Gasteiger partial charge on any atom is 0.234 e. The third-order valence-electron chi connectivity index (χ3n) is 4.25. The molecule has 0 bridgehead atoms. The number of ether oxygens (including phenoxy) is 1. The predicted molar refractivity (Wildman–Crippen MR) is 112 cm³/mol. The number of anilines is 1. The Bertz CT molecular complexity index is 990. The molecule has 0 radical (unpaired) electrons. The first-order valence-electron chi connectivity index (χ1n) is 8.70. The van der Waals surface area contributed by atoms with Crippen LogP contribution in [0.1, 0.15) is 17.0 Å². The molecule has 0 atom stereocenters. The molecule has 0 aliphatic heterocycles. The number of aryl methyl sites for hydroxylation is 1. The van der Waals surface area contributed by atoms with E-state index in [1.165, 1.54) is 11.8 Å². The minimum atomic E-state index is -0.129. The fraction of sp³-hybridized carbons (Fsp3) is 0.250. The average molecular weight is 417 g/mol. The molecule has 1 amide bonds. The Morgan fingerprint density at radius 2 is 1.96 bits per heavy atom. The molecule has 6 nitrogen and oxygen atoms in total. The van der Waals surface area contributed by atoms with E-state index in [9.17, 15) is 4.79 Å². The van der Waals surface area contributed by atoms with Crippen LogP contribution in [0.5, 0.6) is 5.75 Å². The van der Waals surface area contributed by atoms with Gasteiger partial charge in [0.15, 0.2) is 11.0 Å². The van der Waals surface area contributed by atoms with E-state index in [-0.39, 0.29) is 11.7 Å². The summed E-state index contributed by atoms with van der Waals surface area (Å²) in [6.07, 6.45) is 0. The van der Waals surface area contributed by atoms with E-state index in [1.54, 1.807) is 6.07 Å². The standard InChI is InChI=1S/C20H21ClN4O2S/c1-13-7-4-5-10-17(13)27-11-18-23-24-20(25(18)3)28-12-19(26)22-16-9-6-8-15(21)14(16)2/h4-10H,11-12H2,1-3H3,(H,22,26). The summed E-state index contributed by atoms with van der Waals surface area (Å²) >= 11 is 7.41. The molecule has 0 unspecified atom stereocenters. The van der Waals surface area contributed by atoms with Crippen molar-refractivity contribution in [1.82, 2.24) is 14.8 Å². The number of aromatic nitrogens is 3. The lowest BCUT2D eigenvalue weighted by molar-refractivity contribution is -0.113. The van der Waals surface area contributed by atoms with Crippen molar-refractivity contribution in [1.29, 1.82) is 0 Å². The van der Waals surface area contributed by atoms with Gasteiger partial charge in [-0.3, -0.25) is 4.79 Å². The van der Waals surface area contributed by atoms with Gasteiger partial charge in [0, 0.05) is 17.8 Å². The summed E-state index contributed by atoms with van der Waals surface area (Å²) in [6.45, 7) is 4.17. The molecule has 1 N–H and O–H groups in total. The maximum atomic E-state index is 12.3. The third-order valence-corrected chi connectivity index (χ3v) is 5.68. The Labute approximate surface area is 173 Å².